The predicted molar refractivity (Wildman–Crippen MR) is 69.6 cm³/mol. The summed E-state index contributed by atoms with van der Waals surface area (Å²) in [4.78, 5) is 6.96. The molecule has 0 aromatic carbocycles. The lowest BCUT2D eigenvalue weighted by molar-refractivity contribution is 0.299. The fourth-order valence-corrected chi connectivity index (χ4v) is 3.38. The minimum absolute atomic E-state index is 0.930. The van der Waals surface area contributed by atoms with Gasteiger partial charge in [-0.2, -0.15) is 0 Å². The molecule has 0 N–H and O–H groups in total. The highest BCUT2D eigenvalue weighted by Gasteiger charge is 2.34. The largest absolute Gasteiger partial charge is 0.356 e. The van der Waals surface area contributed by atoms with Gasteiger partial charge in [0.1, 0.15) is 5.82 Å². The van der Waals surface area contributed by atoms with Gasteiger partial charge in [0.25, 0.3) is 0 Å². The van der Waals surface area contributed by atoms with Crippen molar-refractivity contribution in [2.75, 3.05) is 18.0 Å². The van der Waals surface area contributed by atoms with E-state index in [-0.39, 0.29) is 0 Å². The zero-order chi connectivity index (χ0) is 11.0. The highest BCUT2D eigenvalue weighted by Crippen LogP contribution is 2.37. The minimum atomic E-state index is 0.930. The fourth-order valence-electron chi connectivity index (χ4n) is 3.15. The first kappa shape index (κ1) is 10.6. The molecule has 2 nitrogen and oxygen atoms in total. The fraction of sp³-hybridized carbons (Fsp3) is 0.615. The Balaban J connectivity index is 1.75. The summed E-state index contributed by atoms with van der Waals surface area (Å²) in [6.07, 6.45) is 7.62. The second-order valence-electron chi connectivity index (χ2n) is 5.04. The predicted octanol–water partition coefficient (Wildman–Crippen LogP) is 3.47. The lowest BCUT2D eigenvalue weighted by atomic mass is 9.82. The Bertz CT molecular complexity index is 349. The second kappa shape index (κ2) is 4.36. The smallest absolute Gasteiger partial charge is 0.128 e. The summed E-state index contributed by atoms with van der Waals surface area (Å²) in [5.74, 6) is 3.01. The molecule has 1 aromatic heterocycles. The maximum atomic E-state index is 4.50. The molecule has 0 spiro atoms. The molecule has 16 heavy (non-hydrogen) atoms. The molecule has 2 unspecified atom stereocenters. The Morgan fingerprint density at radius 1 is 1.12 bits per heavy atom. The van der Waals surface area contributed by atoms with Crippen LogP contribution < -0.4 is 4.90 Å². The summed E-state index contributed by atoms with van der Waals surface area (Å²) in [5, 5.41) is 0. The third-order valence-corrected chi connectivity index (χ3v) is 4.48. The molecule has 3 rings (SSSR count). The van der Waals surface area contributed by atoms with Gasteiger partial charge in [0.15, 0.2) is 0 Å². The van der Waals surface area contributed by atoms with Crippen molar-refractivity contribution in [1.29, 1.82) is 0 Å². The molecule has 2 heterocycles. The molecule has 2 fully saturated rings. The topological polar surface area (TPSA) is 16.1 Å². The maximum absolute atomic E-state index is 4.50. The van der Waals surface area contributed by atoms with E-state index in [4.69, 9.17) is 0 Å². The van der Waals surface area contributed by atoms with Crippen LogP contribution in [0.5, 0.6) is 0 Å². The first-order valence-corrected chi connectivity index (χ1v) is 6.99. The maximum Gasteiger partial charge on any atom is 0.128 e. The van der Waals surface area contributed by atoms with E-state index in [9.17, 15) is 0 Å². The van der Waals surface area contributed by atoms with E-state index >= 15 is 0 Å². The third-order valence-electron chi connectivity index (χ3n) is 4.01. The van der Waals surface area contributed by atoms with Gasteiger partial charge in [0.05, 0.1) is 0 Å². The van der Waals surface area contributed by atoms with Gasteiger partial charge in [0.2, 0.25) is 0 Å². The standard InChI is InChI=1S/C13H17BrN2/c14-12-5-6-13(15-7-12)16-8-10-3-1-2-4-11(10)9-16/h5-7,10-11H,1-4,8-9H2. The number of fused-ring (bicyclic) bond motifs is 1. The van der Waals surface area contributed by atoms with Gasteiger partial charge in [0, 0.05) is 23.8 Å². The number of pyridine rings is 1. The molecule has 3 heteroatoms. The Morgan fingerprint density at radius 3 is 2.38 bits per heavy atom. The van der Waals surface area contributed by atoms with Crippen LogP contribution >= 0.6 is 15.9 Å². The molecule has 0 amide bonds. The molecule has 1 saturated carbocycles. The normalized spacial score (nSPS) is 29.2. The number of rotatable bonds is 1. The zero-order valence-corrected chi connectivity index (χ0v) is 11.0. The van der Waals surface area contributed by atoms with Gasteiger partial charge in [-0.05, 0) is 52.7 Å². The van der Waals surface area contributed by atoms with Crippen LogP contribution in [0.2, 0.25) is 0 Å². The highest BCUT2D eigenvalue weighted by atomic mass is 79.9. The van der Waals surface area contributed by atoms with Crippen LogP contribution in [-0.2, 0) is 0 Å². The monoisotopic (exact) mass is 280 g/mol. The first-order valence-electron chi connectivity index (χ1n) is 6.19. The molecule has 86 valence electrons. The molecule has 1 aliphatic carbocycles. The molecular formula is C13H17BrN2. The summed E-state index contributed by atoms with van der Waals surface area (Å²) in [5.41, 5.74) is 0. The van der Waals surface area contributed by atoms with Gasteiger partial charge in [-0.3, -0.25) is 0 Å². The summed E-state index contributed by atoms with van der Waals surface area (Å²) >= 11 is 3.43. The van der Waals surface area contributed by atoms with Crippen LogP contribution in [0, 0.1) is 11.8 Å². The number of halogens is 1. The van der Waals surface area contributed by atoms with Crippen molar-refractivity contribution >= 4 is 21.7 Å². The van der Waals surface area contributed by atoms with Gasteiger partial charge >= 0.3 is 0 Å². The van der Waals surface area contributed by atoms with Crippen molar-refractivity contribution in [2.24, 2.45) is 11.8 Å². The van der Waals surface area contributed by atoms with Crippen molar-refractivity contribution in [3.63, 3.8) is 0 Å². The second-order valence-corrected chi connectivity index (χ2v) is 5.96. The lowest BCUT2D eigenvalue weighted by Gasteiger charge is -2.22. The van der Waals surface area contributed by atoms with Crippen molar-refractivity contribution < 1.29 is 0 Å². The summed E-state index contributed by atoms with van der Waals surface area (Å²) < 4.78 is 1.06. The highest BCUT2D eigenvalue weighted by molar-refractivity contribution is 9.10. The Labute approximate surface area is 105 Å². The van der Waals surface area contributed by atoms with E-state index in [0.717, 1.165) is 22.1 Å². The van der Waals surface area contributed by atoms with E-state index < -0.39 is 0 Å². The van der Waals surface area contributed by atoms with Gasteiger partial charge in [-0.25, -0.2) is 4.98 Å². The number of anilines is 1. The molecule has 1 aromatic rings. The number of hydrogen-bond donors (Lipinski definition) is 0. The van der Waals surface area contributed by atoms with Crippen molar-refractivity contribution in [1.82, 2.24) is 4.98 Å². The van der Waals surface area contributed by atoms with Crippen LogP contribution in [0.1, 0.15) is 25.7 Å². The molecule has 2 aliphatic rings. The summed E-state index contributed by atoms with van der Waals surface area (Å²) in [6.45, 7) is 2.44. The Hall–Kier alpha value is -0.570. The van der Waals surface area contributed by atoms with E-state index in [2.05, 4.69) is 37.9 Å². The van der Waals surface area contributed by atoms with E-state index in [1.54, 1.807) is 0 Å². The number of nitrogens with zero attached hydrogens (tertiary/aromatic N) is 2. The van der Waals surface area contributed by atoms with Crippen LogP contribution in [0.25, 0.3) is 0 Å². The molecule has 2 atom stereocenters. The quantitative estimate of drug-likeness (QED) is 0.783. The molecule has 1 saturated heterocycles. The summed E-state index contributed by atoms with van der Waals surface area (Å²) in [7, 11) is 0. The number of hydrogen-bond acceptors (Lipinski definition) is 2. The van der Waals surface area contributed by atoms with E-state index in [0.29, 0.717) is 0 Å². The van der Waals surface area contributed by atoms with E-state index in [1.165, 1.54) is 38.8 Å². The van der Waals surface area contributed by atoms with Gasteiger partial charge in [-0.15, -0.1) is 0 Å². The lowest BCUT2D eigenvalue weighted by Crippen LogP contribution is -2.20. The Kier molecular flexibility index (Phi) is 2.88. The first-order chi connectivity index (χ1) is 7.83. The SMILES string of the molecule is Brc1ccc(N2CC3CCCCC3C2)nc1. The molecule has 1 aliphatic heterocycles. The number of aromatic nitrogens is 1. The van der Waals surface area contributed by atoms with Gasteiger partial charge in [-0.1, -0.05) is 12.8 Å². The van der Waals surface area contributed by atoms with Crippen LogP contribution in [0.15, 0.2) is 22.8 Å². The minimum Gasteiger partial charge on any atom is -0.356 e. The van der Waals surface area contributed by atoms with Crippen LogP contribution in [0.3, 0.4) is 0 Å². The third kappa shape index (κ3) is 1.97. The molecule has 0 radical (unpaired) electrons. The zero-order valence-electron chi connectivity index (χ0n) is 9.40. The van der Waals surface area contributed by atoms with E-state index in [1.807, 2.05) is 6.20 Å². The summed E-state index contributed by atoms with van der Waals surface area (Å²) in [6, 6.07) is 4.21. The average molecular weight is 281 g/mol. The van der Waals surface area contributed by atoms with Crippen molar-refractivity contribution in [3.8, 4) is 0 Å². The average Bonchev–Trinajstić information content (AvgIpc) is 2.73. The van der Waals surface area contributed by atoms with Crippen LogP contribution in [-0.4, -0.2) is 18.1 Å². The van der Waals surface area contributed by atoms with Crippen LogP contribution in [0.4, 0.5) is 5.82 Å². The van der Waals surface area contributed by atoms with Crippen molar-refractivity contribution in [3.05, 3.63) is 22.8 Å². The Morgan fingerprint density at radius 2 is 1.81 bits per heavy atom. The molecule has 0 bridgehead atoms. The van der Waals surface area contributed by atoms with Crippen molar-refractivity contribution in [2.45, 2.75) is 25.7 Å². The van der Waals surface area contributed by atoms with Gasteiger partial charge < -0.3 is 4.90 Å². The molecular weight excluding hydrogens is 264 g/mol.